The summed E-state index contributed by atoms with van der Waals surface area (Å²) in [6.45, 7) is 1.08. The van der Waals surface area contributed by atoms with Crippen LogP contribution in [0.15, 0.2) is 95.0 Å². The number of halogens is 2. The van der Waals surface area contributed by atoms with Crippen LogP contribution in [0, 0.1) is 5.92 Å². The fourth-order valence-corrected chi connectivity index (χ4v) is 6.53. The number of hydrogen-bond acceptors (Lipinski definition) is 4. The molecule has 1 heterocycles. The van der Waals surface area contributed by atoms with Gasteiger partial charge in [0.05, 0.1) is 27.3 Å². The highest BCUT2D eigenvalue weighted by Gasteiger charge is 2.68. The highest BCUT2D eigenvalue weighted by atomic mass is 127. The van der Waals surface area contributed by atoms with Crippen LogP contribution in [0.5, 0.6) is 0 Å². The van der Waals surface area contributed by atoms with Crippen LogP contribution < -0.4 is 4.90 Å². The molecular weight excluding hydrogens is 568 g/mol. The first kappa shape index (κ1) is 24.7. The zero-order valence-corrected chi connectivity index (χ0v) is 22.1. The Morgan fingerprint density at radius 1 is 1.08 bits per heavy atom. The first-order valence-corrected chi connectivity index (χ1v) is 13.0. The lowest BCUT2D eigenvalue weighted by molar-refractivity contribution is 0.0722. The molecule has 1 saturated heterocycles. The van der Waals surface area contributed by atoms with E-state index in [1.807, 2.05) is 36.4 Å². The Hall–Kier alpha value is -2.94. The molecule has 3 aromatic carbocycles. The van der Waals surface area contributed by atoms with E-state index in [-0.39, 0.29) is 9.46 Å². The number of ether oxygens (including phenoxy) is 1. The van der Waals surface area contributed by atoms with Gasteiger partial charge in [-0.2, -0.15) is 0 Å². The molecule has 6 nitrogen and oxygen atoms in total. The minimum Gasteiger partial charge on any atom is -0.376 e. The summed E-state index contributed by atoms with van der Waals surface area (Å²) < 4.78 is 18.9. The van der Waals surface area contributed by atoms with Gasteiger partial charge in [0.2, 0.25) is 0 Å². The fraction of sp³-hybridized carbons (Fsp3) is 0.321. The predicted molar refractivity (Wildman–Crippen MR) is 150 cm³/mol. The number of rotatable bonds is 9. The second-order valence-electron chi connectivity index (χ2n) is 9.24. The van der Waals surface area contributed by atoms with Gasteiger partial charge in [-0.25, -0.2) is 0 Å². The Morgan fingerprint density at radius 3 is 2.17 bits per heavy atom. The number of fused-ring (bicyclic) bond motifs is 1. The molecule has 8 heteroatoms. The molecule has 0 bridgehead atoms. The maximum atomic E-state index is 13.4. The van der Waals surface area contributed by atoms with Crippen molar-refractivity contribution >= 4 is 34.0 Å². The summed E-state index contributed by atoms with van der Waals surface area (Å²) in [5, 5.41) is 3.55. The lowest BCUT2D eigenvalue weighted by Crippen LogP contribution is -2.29. The number of methoxy groups -OCH3 is 1. The van der Waals surface area contributed by atoms with Crippen molar-refractivity contribution in [1.82, 2.24) is 0 Å². The van der Waals surface area contributed by atoms with Crippen LogP contribution in [0.2, 0.25) is 0 Å². The summed E-state index contributed by atoms with van der Waals surface area (Å²) in [4.78, 5) is 10.4. The molecular formula is C28H27FIN5O. The molecule has 5 atom stereocenters. The molecule has 5 rings (SSSR count). The van der Waals surface area contributed by atoms with Crippen molar-refractivity contribution in [3.8, 4) is 0 Å². The van der Waals surface area contributed by atoms with Crippen LogP contribution in [0.25, 0.3) is 10.4 Å². The van der Waals surface area contributed by atoms with Crippen molar-refractivity contribution in [2.24, 2.45) is 16.0 Å². The molecule has 184 valence electrons. The smallest absolute Gasteiger partial charge is 0.101 e. The number of alkyl halides is 2. The average Bonchev–Trinajstić information content (AvgIpc) is 3.27. The van der Waals surface area contributed by atoms with Gasteiger partial charge in [-0.15, -0.1) is 0 Å². The molecule has 3 aromatic rings. The molecule has 1 saturated carbocycles. The van der Waals surface area contributed by atoms with Crippen LogP contribution in [0.3, 0.4) is 0 Å². The standard InChI is InChI=1S/C28H27FIN5O/c1-36-26(24(16-29)33-34-31)21-12-14-22(15-13-21)35-17-23-27(28(23,30)18-35)32-25(19-8-4-2-5-9-19)20-10-6-3-7-11-20/h2-15,23-24,26-27H,16-18H2,1H3/t23-,24-,26-,27-,28+/m1/s1. The van der Waals surface area contributed by atoms with Gasteiger partial charge in [-0.3, -0.25) is 9.38 Å². The summed E-state index contributed by atoms with van der Waals surface area (Å²) in [7, 11) is 1.50. The monoisotopic (exact) mass is 595 g/mol. The Bertz CT molecular complexity index is 1220. The third kappa shape index (κ3) is 4.73. The van der Waals surface area contributed by atoms with E-state index in [1.54, 1.807) is 0 Å². The van der Waals surface area contributed by atoms with Crippen molar-refractivity contribution in [3.05, 3.63) is 112 Å². The molecule has 0 amide bonds. The zero-order chi connectivity index (χ0) is 25.1. The number of nitrogens with zero attached hydrogens (tertiary/aromatic N) is 5. The highest BCUT2D eigenvalue weighted by Crippen LogP contribution is 2.59. The van der Waals surface area contributed by atoms with E-state index in [2.05, 4.69) is 86.0 Å². The molecule has 2 aliphatic rings. The molecule has 0 aromatic heterocycles. The Kier molecular flexibility index (Phi) is 7.27. The SMILES string of the molecule is CO[C@H](c1ccc(N2C[C@@H]3[C@@H](N=C(c4ccccc4)c4ccccc4)[C@]3(I)C2)cc1)[C@@H](CF)N=[N+]=[N-]. The van der Waals surface area contributed by atoms with Gasteiger partial charge >= 0.3 is 0 Å². The van der Waals surface area contributed by atoms with E-state index in [4.69, 9.17) is 15.3 Å². The molecule has 1 aliphatic carbocycles. The number of hydrogen-bond donors (Lipinski definition) is 0. The molecule has 2 fully saturated rings. The van der Waals surface area contributed by atoms with Crippen LogP contribution in [-0.4, -0.2) is 48.1 Å². The summed E-state index contributed by atoms with van der Waals surface area (Å²) in [6.07, 6.45) is -0.615. The van der Waals surface area contributed by atoms with Gasteiger partial charge < -0.3 is 9.64 Å². The predicted octanol–water partition coefficient (Wildman–Crippen LogP) is 6.55. The van der Waals surface area contributed by atoms with Gasteiger partial charge in [0.15, 0.2) is 0 Å². The molecule has 0 N–H and O–H groups in total. The zero-order valence-electron chi connectivity index (χ0n) is 19.9. The van der Waals surface area contributed by atoms with Crippen molar-refractivity contribution < 1.29 is 9.13 Å². The third-order valence-corrected chi connectivity index (χ3v) is 8.92. The quantitative estimate of drug-likeness (QED) is 0.0703. The van der Waals surface area contributed by atoms with Crippen molar-refractivity contribution in [2.75, 3.05) is 31.8 Å². The summed E-state index contributed by atoms with van der Waals surface area (Å²) in [5.74, 6) is 0.479. The molecule has 0 unspecified atom stereocenters. The van der Waals surface area contributed by atoms with Crippen LogP contribution in [0.1, 0.15) is 22.8 Å². The summed E-state index contributed by atoms with van der Waals surface area (Å²) in [5.41, 5.74) is 14.0. The minimum absolute atomic E-state index is 0.0984. The average molecular weight is 595 g/mol. The second kappa shape index (κ2) is 10.6. The third-order valence-electron chi connectivity index (χ3n) is 7.14. The van der Waals surface area contributed by atoms with E-state index in [1.165, 1.54) is 7.11 Å². The van der Waals surface area contributed by atoms with Gasteiger partial charge in [-0.1, -0.05) is 101 Å². The number of aliphatic imine (C=N–C) groups is 1. The first-order valence-electron chi connectivity index (χ1n) is 11.9. The largest absolute Gasteiger partial charge is 0.376 e. The van der Waals surface area contributed by atoms with E-state index >= 15 is 0 Å². The number of piperidine rings is 1. The summed E-state index contributed by atoms with van der Waals surface area (Å²) in [6, 6.07) is 28.1. The van der Waals surface area contributed by atoms with E-state index in [0.29, 0.717) is 5.92 Å². The van der Waals surface area contributed by atoms with Gasteiger partial charge in [0, 0.05) is 47.8 Å². The Balaban J connectivity index is 1.32. The number of azide groups is 1. The normalized spacial score (nSPS) is 23.8. The minimum atomic E-state index is -0.884. The maximum absolute atomic E-state index is 13.4. The molecule has 0 radical (unpaired) electrons. The van der Waals surface area contributed by atoms with E-state index < -0.39 is 18.8 Å². The fourth-order valence-electron chi connectivity index (χ4n) is 5.19. The summed E-state index contributed by atoms with van der Waals surface area (Å²) >= 11 is 2.61. The van der Waals surface area contributed by atoms with Crippen molar-refractivity contribution in [3.63, 3.8) is 0 Å². The number of anilines is 1. The van der Waals surface area contributed by atoms with Crippen LogP contribution >= 0.6 is 22.6 Å². The lowest BCUT2D eigenvalue weighted by Gasteiger charge is -2.25. The van der Waals surface area contributed by atoms with Gasteiger partial charge in [0.25, 0.3) is 0 Å². The molecule has 36 heavy (non-hydrogen) atoms. The number of benzene rings is 3. The van der Waals surface area contributed by atoms with Gasteiger partial charge in [-0.05, 0) is 23.2 Å². The first-order chi connectivity index (χ1) is 17.6. The molecule has 1 aliphatic heterocycles. The topological polar surface area (TPSA) is 73.6 Å². The van der Waals surface area contributed by atoms with E-state index in [0.717, 1.165) is 41.2 Å². The van der Waals surface area contributed by atoms with Crippen LogP contribution in [-0.2, 0) is 4.74 Å². The molecule has 0 spiro atoms. The highest BCUT2D eigenvalue weighted by molar-refractivity contribution is 14.1. The lowest BCUT2D eigenvalue weighted by atomic mass is 10.0. The van der Waals surface area contributed by atoms with Crippen LogP contribution in [0.4, 0.5) is 10.1 Å². The Morgan fingerprint density at radius 2 is 1.69 bits per heavy atom. The maximum Gasteiger partial charge on any atom is 0.101 e. The van der Waals surface area contributed by atoms with Gasteiger partial charge in [0.1, 0.15) is 6.67 Å². The Labute approximate surface area is 224 Å². The second-order valence-corrected chi connectivity index (χ2v) is 11.3. The van der Waals surface area contributed by atoms with E-state index in [9.17, 15) is 4.39 Å². The van der Waals surface area contributed by atoms with Crippen molar-refractivity contribution in [1.29, 1.82) is 0 Å². The van der Waals surface area contributed by atoms with Crippen molar-refractivity contribution in [2.45, 2.75) is 21.6 Å².